The molecule has 6 nitrogen and oxygen atoms in total. The molecule has 168 valence electrons. The van der Waals surface area contributed by atoms with Gasteiger partial charge in [0.15, 0.2) is 0 Å². The lowest BCUT2D eigenvalue weighted by Crippen LogP contribution is -2.36. The maximum absolute atomic E-state index is 12.1. The Morgan fingerprint density at radius 2 is 1.97 bits per heavy atom. The van der Waals surface area contributed by atoms with Gasteiger partial charge in [-0.3, -0.25) is 4.79 Å². The molecule has 0 bridgehead atoms. The molecule has 2 rings (SSSR count). The predicted octanol–water partition coefficient (Wildman–Crippen LogP) is 5.21. The number of rotatable bonds is 11. The summed E-state index contributed by atoms with van der Waals surface area (Å²) in [5.41, 5.74) is 0.463. The van der Waals surface area contributed by atoms with Crippen LogP contribution in [0.3, 0.4) is 0 Å². The zero-order valence-electron chi connectivity index (χ0n) is 18.5. The summed E-state index contributed by atoms with van der Waals surface area (Å²) in [5, 5.41) is 0.488. The standard InChI is InChI=1S/C23H35ClN2O4/c1-23(2,3)30-22(28)26-15-13-20(17-26)29-16-7-5-4-6-10-19(27)12-11-18-9-8-14-25-21(18)24/h8-9,14,20H,4-7,10-13,15-17H2,1-3H3/t20-/m1/s1. The highest BCUT2D eigenvalue weighted by Gasteiger charge is 2.30. The Hall–Kier alpha value is -1.66. The van der Waals surface area contributed by atoms with E-state index in [0.717, 1.165) is 37.7 Å². The van der Waals surface area contributed by atoms with Crippen molar-refractivity contribution in [1.29, 1.82) is 0 Å². The van der Waals surface area contributed by atoms with Crippen molar-refractivity contribution >= 4 is 23.5 Å². The lowest BCUT2D eigenvalue weighted by Gasteiger charge is -2.24. The monoisotopic (exact) mass is 438 g/mol. The Balaban J connectivity index is 1.47. The molecule has 0 radical (unpaired) electrons. The fourth-order valence-corrected chi connectivity index (χ4v) is 3.60. The van der Waals surface area contributed by atoms with Gasteiger partial charge in [-0.05, 0) is 58.1 Å². The van der Waals surface area contributed by atoms with E-state index in [-0.39, 0.29) is 18.0 Å². The van der Waals surface area contributed by atoms with E-state index >= 15 is 0 Å². The highest BCUT2D eigenvalue weighted by Crippen LogP contribution is 2.18. The van der Waals surface area contributed by atoms with Crippen LogP contribution < -0.4 is 0 Å². The van der Waals surface area contributed by atoms with Crippen molar-refractivity contribution in [2.45, 2.75) is 83.8 Å². The Kier molecular flexibility index (Phi) is 10.1. The van der Waals surface area contributed by atoms with E-state index in [1.165, 1.54) is 0 Å². The van der Waals surface area contributed by atoms with Crippen molar-refractivity contribution in [2.75, 3.05) is 19.7 Å². The van der Waals surface area contributed by atoms with Crippen LogP contribution >= 0.6 is 11.6 Å². The highest BCUT2D eigenvalue weighted by molar-refractivity contribution is 6.30. The molecule has 0 unspecified atom stereocenters. The number of halogens is 1. The zero-order valence-corrected chi connectivity index (χ0v) is 19.2. The smallest absolute Gasteiger partial charge is 0.410 e. The number of carbonyl (C=O) groups excluding carboxylic acids is 2. The molecule has 1 aromatic rings. The molecule has 1 saturated heterocycles. The summed E-state index contributed by atoms with van der Waals surface area (Å²) in [5.74, 6) is 0.277. The summed E-state index contributed by atoms with van der Waals surface area (Å²) in [6, 6.07) is 3.76. The van der Waals surface area contributed by atoms with E-state index in [1.54, 1.807) is 11.1 Å². The Bertz CT molecular complexity index is 690. The number of hydrogen-bond acceptors (Lipinski definition) is 5. The average molecular weight is 439 g/mol. The number of unbranched alkanes of at least 4 members (excludes halogenated alkanes) is 3. The number of likely N-dealkylation sites (tertiary alicyclic amines) is 1. The molecule has 0 spiro atoms. The molecule has 0 aromatic carbocycles. The van der Waals surface area contributed by atoms with Gasteiger partial charge in [-0.15, -0.1) is 0 Å². The zero-order chi connectivity index (χ0) is 22.0. The number of hydrogen-bond donors (Lipinski definition) is 0. The summed E-state index contributed by atoms with van der Waals surface area (Å²) in [7, 11) is 0. The van der Waals surface area contributed by atoms with Crippen LogP contribution in [0.1, 0.15) is 71.3 Å². The van der Waals surface area contributed by atoms with E-state index in [4.69, 9.17) is 21.1 Å². The molecule has 0 aliphatic carbocycles. The third-order valence-electron chi connectivity index (χ3n) is 5.01. The van der Waals surface area contributed by atoms with Crippen molar-refractivity contribution < 1.29 is 19.1 Å². The van der Waals surface area contributed by atoms with Gasteiger partial charge in [-0.2, -0.15) is 0 Å². The molecule has 1 aromatic heterocycles. The van der Waals surface area contributed by atoms with Gasteiger partial charge in [0.05, 0.1) is 12.6 Å². The average Bonchev–Trinajstić information content (AvgIpc) is 3.14. The SMILES string of the molecule is CC(C)(C)OC(=O)N1CC[C@@H](OCCCCCCC(=O)CCc2cccnc2Cl)C1. The number of amides is 1. The van der Waals surface area contributed by atoms with Gasteiger partial charge in [-0.1, -0.05) is 30.5 Å². The van der Waals surface area contributed by atoms with Gasteiger partial charge in [0.2, 0.25) is 0 Å². The highest BCUT2D eigenvalue weighted by atomic mass is 35.5. The molecule has 7 heteroatoms. The number of Topliss-reactive ketones (excluding diaryl/α,β-unsaturated/α-hetero) is 1. The molecular formula is C23H35ClN2O4. The van der Waals surface area contributed by atoms with Crippen LogP contribution in [0.4, 0.5) is 4.79 Å². The molecule has 2 heterocycles. The number of aryl methyl sites for hydroxylation is 1. The maximum atomic E-state index is 12.1. The van der Waals surface area contributed by atoms with Gasteiger partial charge in [0.1, 0.15) is 16.5 Å². The number of aromatic nitrogens is 1. The molecule has 1 aliphatic rings. The number of ether oxygens (including phenoxy) is 2. The van der Waals surface area contributed by atoms with E-state index in [9.17, 15) is 9.59 Å². The summed E-state index contributed by atoms with van der Waals surface area (Å²) >= 11 is 6.02. The lowest BCUT2D eigenvalue weighted by molar-refractivity contribution is -0.119. The van der Waals surface area contributed by atoms with Crippen molar-refractivity contribution in [3.8, 4) is 0 Å². The Labute approximate surface area is 185 Å². The summed E-state index contributed by atoms with van der Waals surface area (Å²) in [6.07, 6.45) is 8.09. The second-order valence-electron chi connectivity index (χ2n) is 8.86. The number of ketones is 1. The first kappa shape index (κ1) is 24.6. The quantitative estimate of drug-likeness (QED) is 0.350. The largest absolute Gasteiger partial charge is 0.444 e. The van der Waals surface area contributed by atoms with Crippen molar-refractivity contribution in [2.24, 2.45) is 0 Å². The minimum Gasteiger partial charge on any atom is -0.444 e. The fraction of sp³-hybridized carbons (Fsp3) is 0.696. The molecule has 1 atom stereocenters. The van der Waals surface area contributed by atoms with Gasteiger partial charge < -0.3 is 14.4 Å². The summed E-state index contributed by atoms with van der Waals surface area (Å²) in [6.45, 7) is 7.60. The van der Waals surface area contributed by atoms with Gasteiger partial charge in [0, 0.05) is 32.2 Å². The third-order valence-corrected chi connectivity index (χ3v) is 5.35. The summed E-state index contributed by atoms with van der Waals surface area (Å²) in [4.78, 5) is 29.9. The van der Waals surface area contributed by atoms with Crippen molar-refractivity contribution in [3.05, 3.63) is 29.0 Å². The van der Waals surface area contributed by atoms with Crippen molar-refractivity contribution in [1.82, 2.24) is 9.88 Å². The first-order valence-corrected chi connectivity index (χ1v) is 11.3. The van der Waals surface area contributed by atoms with Gasteiger partial charge >= 0.3 is 6.09 Å². The topological polar surface area (TPSA) is 68.7 Å². The molecular weight excluding hydrogens is 404 g/mol. The fourth-order valence-electron chi connectivity index (χ4n) is 3.39. The van der Waals surface area contributed by atoms with E-state index in [0.29, 0.717) is 44.1 Å². The normalized spacial score (nSPS) is 16.7. The Morgan fingerprint density at radius 1 is 1.20 bits per heavy atom. The molecule has 1 aliphatic heterocycles. The first-order valence-electron chi connectivity index (χ1n) is 11.0. The molecule has 1 amide bonds. The van der Waals surface area contributed by atoms with Crippen LogP contribution in [-0.4, -0.2) is 53.2 Å². The maximum Gasteiger partial charge on any atom is 0.410 e. The molecule has 30 heavy (non-hydrogen) atoms. The second-order valence-corrected chi connectivity index (χ2v) is 9.22. The molecule has 0 N–H and O–H groups in total. The van der Waals surface area contributed by atoms with Crippen LogP contribution in [0.2, 0.25) is 5.15 Å². The van der Waals surface area contributed by atoms with Crippen LogP contribution in [0.15, 0.2) is 18.3 Å². The number of carbonyl (C=O) groups is 2. The second kappa shape index (κ2) is 12.3. The van der Waals surface area contributed by atoms with E-state index in [1.807, 2.05) is 32.9 Å². The van der Waals surface area contributed by atoms with Crippen LogP contribution in [0.25, 0.3) is 0 Å². The van der Waals surface area contributed by atoms with Gasteiger partial charge in [0.25, 0.3) is 0 Å². The van der Waals surface area contributed by atoms with Crippen LogP contribution in [0.5, 0.6) is 0 Å². The predicted molar refractivity (Wildman–Crippen MR) is 118 cm³/mol. The number of nitrogens with zero attached hydrogens (tertiary/aromatic N) is 2. The molecule has 1 fully saturated rings. The van der Waals surface area contributed by atoms with Crippen molar-refractivity contribution in [3.63, 3.8) is 0 Å². The van der Waals surface area contributed by atoms with Gasteiger partial charge in [-0.25, -0.2) is 9.78 Å². The minimum atomic E-state index is -0.469. The first-order chi connectivity index (χ1) is 14.2. The third kappa shape index (κ3) is 9.43. The minimum absolute atomic E-state index is 0.0957. The van der Waals surface area contributed by atoms with Crippen LogP contribution in [0, 0.1) is 0 Å². The van der Waals surface area contributed by atoms with E-state index < -0.39 is 5.60 Å². The molecule has 0 saturated carbocycles. The summed E-state index contributed by atoms with van der Waals surface area (Å²) < 4.78 is 11.3. The van der Waals surface area contributed by atoms with Crippen LogP contribution in [-0.2, 0) is 20.7 Å². The van der Waals surface area contributed by atoms with E-state index in [2.05, 4.69) is 4.98 Å². The Morgan fingerprint density at radius 3 is 2.70 bits per heavy atom. The number of pyridine rings is 1. The lowest BCUT2D eigenvalue weighted by atomic mass is 10.0.